The zero-order chi connectivity index (χ0) is 13.7. The molecule has 0 saturated carbocycles. The molecule has 19 heavy (non-hydrogen) atoms. The summed E-state index contributed by atoms with van der Waals surface area (Å²) in [5.74, 6) is 0.773. The van der Waals surface area contributed by atoms with Crippen LogP contribution in [-0.4, -0.2) is 23.3 Å². The number of rotatable bonds is 6. The number of nitrogens with zero attached hydrogens (tertiary/aromatic N) is 2. The molecule has 0 aliphatic carbocycles. The molecule has 0 bridgehead atoms. The van der Waals surface area contributed by atoms with Crippen molar-refractivity contribution in [3.63, 3.8) is 0 Å². The van der Waals surface area contributed by atoms with E-state index in [0.29, 0.717) is 10.0 Å². The number of imidazole rings is 1. The topological polar surface area (TPSA) is 39.1 Å². The molecule has 0 aliphatic heterocycles. The van der Waals surface area contributed by atoms with Crippen molar-refractivity contribution in [2.24, 2.45) is 0 Å². The number of halogens is 2. The van der Waals surface area contributed by atoms with Gasteiger partial charge in [0.1, 0.15) is 0 Å². The van der Waals surface area contributed by atoms with Crippen molar-refractivity contribution in [2.45, 2.75) is 13.0 Å². The maximum Gasteiger partial charge on any atom is 0.207 e. The van der Waals surface area contributed by atoms with Crippen LogP contribution in [0.1, 0.15) is 6.42 Å². The van der Waals surface area contributed by atoms with E-state index < -0.39 is 0 Å². The van der Waals surface area contributed by atoms with Gasteiger partial charge in [0, 0.05) is 38.3 Å². The molecule has 0 spiro atoms. The fourth-order valence-corrected chi connectivity index (χ4v) is 1.99. The first-order chi connectivity index (χ1) is 9.20. The van der Waals surface area contributed by atoms with Crippen LogP contribution in [0.5, 0.6) is 0 Å². The molecule has 0 saturated heterocycles. The van der Waals surface area contributed by atoms with E-state index in [1.807, 2.05) is 16.8 Å². The van der Waals surface area contributed by atoms with E-state index in [1.54, 1.807) is 25.4 Å². The highest BCUT2D eigenvalue weighted by molar-refractivity contribution is 6.42. The molecule has 0 amide bonds. The van der Waals surface area contributed by atoms with Crippen LogP contribution < -0.4 is 5.32 Å². The average molecular weight is 300 g/mol. The summed E-state index contributed by atoms with van der Waals surface area (Å²) in [5, 5.41) is 4.27. The zero-order valence-corrected chi connectivity index (χ0v) is 12.1. The summed E-state index contributed by atoms with van der Waals surface area (Å²) in [6.07, 6.45) is 4.62. The molecule has 1 aromatic heterocycles. The summed E-state index contributed by atoms with van der Waals surface area (Å²) >= 11 is 11.9. The molecule has 0 atom stereocenters. The van der Waals surface area contributed by atoms with Gasteiger partial charge in [-0.15, -0.1) is 0 Å². The van der Waals surface area contributed by atoms with Crippen molar-refractivity contribution in [3.8, 4) is 0 Å². The Labute approximate surface area is 122 Å². The third kappa shape index (κ3) is 3.86. The molecule has 1 N–H and O–H groups in total. The van der Waals surface area contributed by atoms with Crippen molar-refractivity contribution in [1.29, 1.82) is 0 Å². The summed E-state index contributed by atoms with van der Waals surface area (Å²) in [5.41, 5.74) is 0.855. The SMILES string of the molecule is COCCCn1ccnc1Nc1ccc(Cl)c(Cl)c1. The van der Waals surface area contributed by atoms with Gasteiger partial charge in [0.2, 0.25) is 5.95 Å². The number of aromatic nitrogens is 2. The molecule has 1 heterocycles. The number of aryl methyl sites for hydroxylation is 1. The molecule has 2 rings (SSSR count). The fourth-order valence-electron chi connectivity index (χ4n) is 1.70. The number of hydrogen-bond acceptors (Lipinski definition) is 3. The molecule has 2 aromatic rings. The number of benzene rings is 1. The van der Waals surface area contributed by atoms with Crippen LogP contribution >= 0.6 is 23.2 Å². The molecule has 0 unspecified atom stereocenters. The number of nitrogens with one attached hydrogen (secondary N) is 1. The minimum Gasteiger partial charge on any atom is -0.385 e. The van der Waals surface area contributed by atoms with Crippen molar-refractivity contribution < 1.29 is 4.74 Å². The smallest absolute Gasteiger partial charge is 0.207 e. The fraction of sp³-hybridized carbons (Fsp3) is 0.308. The summed E-state index contributed by atoms with van der Waals surface area (Å²) in [4.78, 5) is 4.28. The lowest BCUT2D eigenvalue weighted by atomic mass is 10.3. The van der Waals surface area contributed by atoms with Gasteiger partial charge >= 0.3 is 0 Å². The first kappa shape index (κ1) is 14.2. The van der Waals surface area contributed by atoms with Crippen molar-refractivity contribution >= 4 is 34.8 Å². The summed E-state index contributed by atoms with van der Waals surface area (Å²) < 4.78 is 7.07. The first-order valence-corrected chi connectivity index (χ1v) is 6.68. The Bertz CT molecular complexity index is 542. The van der Waals surface area contributed by atoms with Gasteiger partial charge in [-0.25, -0.2) is 4.98 Å². The molecule has 102 valence electrons. The second-order valence-electron chi connectivity index (χ2n) is 4.04. The minimum atomic E-state index is 0.518. The van der Waals surface area contributed by atoms with Gasteiger partial charge in [0.15, 0.2) is 0 Å². The standard InChI is InChI=1S/C13H15Cl2N3O/c1-19-8-2-6-18-7-5-16-13(18)17-10-3-4-11(14)12(15)9-10/h3-5,7,9H,2,6,8H2,1H3,(H,16,17). The van der Waals surface area contributed by atoms with Crippen molar-refractivity contribution in [3.05, 3.63) is 40.6 Å². The predicted octanol–water partition coefficient (Wildman–Crippen LogP) is 3.97. The molecule has 1 aromatic carbocycles. The highest BCUT2D eigenvalue weighted by Gasteiger charge is 2.04. The van der Waals surface area contributed by atoms with Gasteiger partial charge in [0.25, 0.3) is 0 Å². The lowest BCUT2D eigenvalue weighted by Gasteiger charge is -2.10. The van der Waals surface area contributed by atoms with Crippen molar-refractivity contribution in [1.82, 2.24) is 9.55 Å². The van der Waals surface area contributed by atoms with Crippen LogP contribution in [0.25, 0.3) is 0 Å². The Hall–Kier alpha value is -1.23. The quantitative estimate of drug-likeness (QED) is 0.820. The highest BCUT2D eigenvalue weighted by atomic mass is 35.5. The molecule has 0 fully saturated rings. The maximum atomic E-state index is 5.98. The first-order valence-electron chi connectivity index (χ1n) is 5.93. The molecule has 6 heteroatoms. The van der Waals surface area contributed by atoms with E-state index in [0.717, 1.165) is 31.2 Å². The van der Waals surface area contributed by atoms with Crippen LogP contribution in [0.3, 0.4) is 0 Å². The van der Waals surface area contributed by atoms with Crippen LogP contribution in [0, 0.1) is 0 Å². The number of ether oxygens (including phenoxy) is 1. The summed E-state index contributed by atoms with van der Waals surface area (Å²) in [7, 11) is 1.70. The number of anilines is 2. The van der Waals surface area contributed by atoms with Crippen LogP contribution in [0.4, 0.5) is 11.6 Å². The van der Waals surface area contributed by atoms with Crippen molar-refractivity contribution in [2.75, 3.05) is 19.0 Å². The second kappa shape index (κ2) is 6.80. The number of methoxy groups -OCH3 is 1. The largest absolute Gasteiger partial charge is 0.385 e. The monoisotopic (exact) mass is 299 g/mol. The van der Waals surface area contributed by atoms with Gasteiger partial charge < -0.3 is 14.6 Å². The third-order valence-electron chi connectivity index (χ3n) is 2.64. The highest BCUT2D eigenvalue weighted by Crippen LogP contribution is 2.26. The molecule has 4 nitrogen and oxygen atoms in total. The van der Waals surface area contributed by atoms with E-state index in [9.17, 15) is 0 Å². The Morgan fingerprint density at radius 1 is 1.32 bits per heavy atom. The lowest BCUT2D eigenvalue weighted by Crippen LogP contribution is -2.05. The van der Waals surface area contributed by atoms with Gasteiger partial charge in [-0.3, -0.25) is 0 Å². The number of hydrogen-bond donors (Lipinski definition) is 1. The third-order valence-corrected chi connectivity index (χ3v) is 3.38. The summed E-state index contributed by atoms with van der Waals surface area (Å²) in [6, 6.07) is 5.39. The van der Waals surface area contributed by atoms with Crippen LogP contribution in [0.2, 0.25) is 10.0 Å². The zero-order valence-electron chi connectivity index (χ0n) is 10.6. The van der Waals surface area contributed by atoms with E-state index in [-0.39, 0.29) is 0 Å². The summed E-state index contributed by atoms with van der Waals surface area (Å²) in [6.45, 7) is 1.57. The Balaban J connectivity index is 2.06. The van der Waals surface area contributed by atoms with E-state index in [1.165, 1.54) is 0 Å². The molecular weight excluding hydrogens is 285 g/mol. The van der Waals surface area contributed by atoms with Crippen LogP contribution in [0.15, 0.2) is 30.6 Å². The molecule has 0 radical (unpaired) electrons. The minimum absolute atomic E-state index is 0.518. The lowest BCUT2D eigenvalue weighted by molar-refractivity contribution is 0.190. The van der Waals surface area contributed by atoms with E-state index >= 15 is 0 Å². The molecule has 0 aliphatic rings. The molecular formula is C13H15Cl2N3O. The van der Waals surface area contributed by atoms with Gasteiger partial charge in [0.05, 0.1) is 10.0 Å². The van der Waals surface area contributed by atoms with Gasteiger partial charge in [-0.2, -0.15) is 0 Å². The Morgan fingerprint density at radius 3 is 2.89 bits per heavy atom. The predicted molar refractivity (Wildman–Crippen MR) is 78.5 cm³/mol. The second-order valence-corrected chi connectivity index (χ2v) is 4.86. The van der Waals surface area contributed by atoms with Gasteiger partial charge in [-0.05, 0) is 24.6 Å². The Kier molecular flexibility index (Phi) is 5.07. The van der Waals surface area contributed by atoms with E-state index in [4.69, 9.17) is 27.9 Å². The Morgan fingerprint density at radius 2 is 2.16 bits per heavy atom. The normalized spacial score (nSPS) is 10.7. The average Bonchev–Trinajstić information content (AvgIpc) is 2.82. The van der Waals surface area contributed by atoms with E-state index in [2.05, 4.69) is 10.3 Å². The van der Waals surface area contributed by atoms with Gasteiger partial charge in [-0.1, -0.05) is 23.2 Å². The maximum absolute atomic E-state index is 5.98. The van der Waals surface area contributed by atoms with Crippen LogP contribution in [-0.2, 0) is 11.3 Å².